The molecule has 0 unspecified atom stereocenters. The molecule has 0 aliphatic heterocycles. The Morgan fingerprint density at radius 1 is 0.267 bits per heavy atom. The third-order valence-corrected chi connectivity index (χ3v) is 14.0. The molecule has 0 spiro atoms. The van der Waals surface area contributed by atoms with Crippen LogP contribution in [-0.2, 0) is 0 Å². The fraction of sp³-hybridized carbons (Fsp3) is 0. The lowest BCUT2D eigenvalue weighted by Crippen LogP contribution is -2.03. The molecule has 280 valence electrons. The lowest BCUT2D eigenvalue weighted by molar-refractivity contribution is 1.08. The van der Waals surface area contributed by atoms with Crippen LogP contribution in [0.15, 0.2) is 200 Å². The van der Waals surface area contributed by atoms with Crippen molar-refractivity contribution in [3.05, 3.63) is 200 Å². The van der Waals surface area contributed by atoms with Gasteiger partial charge in [-0.1, -0.05) is 176 Å². The second-order valence-corrected chi connectivity index (χ2v) is 17.1. The van der Waals surface area contributed by atoms with E-state index in [9.17, 15) is 0 Å². The van der Waals surface area contributed by atoms with E-state index in [-0.39, 0.29) is 0 Å². The van der Waals surface area contributed by atoms with Crippen LogP contribution < -0.4 is 0 Å². The molecule has 0 atom stereocenters. The zero-order chi connectivity index (χ0) is 39.6. The number of rotatable bonds is 6. The molecule has 60 heavy (non-hydrogen) atoms. The smallest absolute Gasteiger partial charge is 0.165 e. The SMILES string of the molecule is c1ccc(-c2ccc(-c3cccc4ccccc34)c(-c3ccccc3)c2-c2nc(-c3cccc4c3sc3ccccc34)nc(-c3cccc4c3sc3ccccc34)n2)cc1. The Balaban J connectivity index is 1.23. The van der Waals surface area contributed by atoms with Crippen LogP contribution in [0.2, 0.25) is 0 Å². The average molecular weight is 800 g/mol. The molecule has 0 amide bonds. The summed E-state index contributed by atoms with van der Waals surface area (Å²) in [4.78, 5) is 16.7. The molecule has 0 bridgehead atoms. The van der Waals surface area contributed by atoms with Crippen LogP contribution in [0.4, 0.5) is 0 Å². The van der Waals surface area contributed by atoms with Gasteiger partial charge in [0.2, 0.25) is 0 Å². The normalized spacial score (nSPS) is 11.7. The lowest BCUT2D eigenvalue weighted by atomic mass is 9.84. The number of nitrogens with zero attached hydrogens (tertiary/aromatic N) is 3. The number of fused-ring (bicyclic) bond motifs is 7. The summed E-state index contributed by atoms with van der Waals surface area (Å²) >= 11 is 3.59. The Bertz CT molecular complexity index is 3470. The second-order valence-electron chi connectivity index (χ2n) is 15.0. The summed E-state index contributed by atoms with van der Waals surface area (Å²) in [6, 6.07) is 71.5. The van der Waals surface area contributed by atoms with Gasteiger partial charge in [0.25, 0.3) is 0 Å². The molecule has 0 saturated heterocycles. The van der Waals surface area contributed by atoms with Crippen LogP contribution in [0.3, 0.4) is 0 Å². The highest BCUT2D eigenvalue weighted by Crippen LogP contribution is 2.48. The number of aromatic nitrogens is 3. The summed E-state index contributed by atoms with van der Waals surface area (Å²) in [7, 11) is 0. The van der Waals surface area contributed by atoms with E-state index < -0.39 is 0 Å². The number of thiophene rings is 2. The maximum absolute atomic E-state index is 5.60. The Labute approximate surface area is 354 Å². The Morgan fingerprint density at radius 3 is 1.35 bits per heavy atom. The van der Waals surface area contributed by atoms with Crippen molar-refractivity contribution in [1.82, 2.24) is 15.0 Å². The molecule has 0 N–H and O–H groups in total. The van der Waals surface area contributed by atoms with Crippen molar-refractivity contribution in [2.45, 2.75) is 0 Å². The molecule has 0 saturated carbocycles. The molecule has 0 radical (unpaired) electrons. The van der Waals surface area contributed by atoms with E-state index in [1.54, 1.807) is 22.7 Å². The van der Waals surface area contributed by atoms with Gasteiger partial charge in [-0.3, -0.25) is 0 Å². The van der Waals surface area contributed by atoms with Crippen molar-refractivity contribution in [2.75, 3.05) is 0 Å². The van der Waals surface area contributed by atoms with E-state index in [2.05, 4.69) is 200 Å². The molecule has 12 rings (SSSR count). The summed E-state index contributed by atoms with van der Waals surface area (Å²) < 4.78 is 4.81. The molecular weight excluding hydrogens is 767 g/mol. The van der Waals surface area contributed by atoms with Crippen LogP contribution in [0.25, 0.3) is 119 Å². The van der Waals surface area contributed by atoms with E-state index in [4.69, 9.17) is 15.0 Å². The largest absolute Gasteiger partial charge is 0.208 e. The van der Waals surface area contributed by atoms with Gasteiger partial charge >= 0.3 is 0 Å². The average Bonchev–Trinajstić information content (AvgIpc) is 3.90. The predicted octanol–water partition coefficient (Wildman–Crippen LogP) is 15.8. The first-order valence-electron chi connectivity index (χ1n) is 20.1. The van der Waals surface area contributed by atoms with Crippen molar-refractivity contribution >= 4 is 73.8 Å². The molecule has 3 heterocycles. The van der Waals surface area contributed by atoms with E-state index >= 15 is 0 Å². The van der Waals surface area contributed by atoms with Gasteiger partial charge < -0.3 is 0 Å². The van der Waals surface area contributed by atoms with Crippen molar-refractivity contribution in [2.24, 2.45) is 0 Å². The van der Waals surface area contributed by atoms with Gasteiger partial charge in [0, 0.05) is 62.6 Å². The van der Waals surface area contributed by atoms with Gasteiger partial charge in [-0.2, -0.15) is 0 Å². The molecule has 3 aromatic heterocycles. The van der Waals surface area contributed by atoms with Gasteiger partial charge in [-0.15, -0.1) is 22.7 Å². The molecular formula is C55H33N3S2. The molecule has 3 nitrogen and oxygen atoms in total. The third kappa shape index (κ3) is 5.66. The summed E-state index contributed by atoms with van der Waals surface area (Å²) in [6.07, 6.45) is 0. The van der Waals surface area contributed by atoms with E-state index in [1.165, 1.54) is 41.7 Å². The van der Waals surface area contributed by atoms with Crippen LogP contribution in [0.5, 0.6) is 0 Å². The van der Waals surface area contributed by atoms with Crippen molar-refractivity contribution in [3.63, 3.8) is 0 Å². The monoisotopic (exact) mass is 799 g/mol. The fourth-order valence-corrected chi connectivity index (χ4v) is 11.3. The predicted molar refractivity (Wildman–Crippen MR) is 256 cm³/mol. The summed E-state index contributed by atoms with van der Waals surface area (Å²) in [5, 5.41) is 7.28. The van der Waals surface area contributed by atoms with Gasteiger partial charge in [0.15, 0.2) is 17.5 Å². The zero-order valence-electron chi connectivity index (χ0n) is 32.2. The first kappa shape index (κ1) is 34.7. The Kier molecular flexibility index (Phi) is 8.22. The van der Waals surface area contributed by atoms with Crippen LogP contribution in [0.1, 0.15) is 0 Å². The number of hydrogen-bond donors (Lipinski definition) is 0. The first-order chi connectivity index (χ1) is 29.8. The van der Waals surface area contributed by atoms with Gasteiger partial charge in [0.05, 0.1) is 0 Å². The standard InChI is InChI=1S/C55H33N3S2/c1-3-16-35(17-4-1)38-32-33-42(39-25-13-21-34-18-7-8-22-37(34)39)49(36-19-5-2-6-20-36)50(38)55-57-53(45-28-14-26-43-40-23-9-11-30-47(40)59-51(43)45)56-54(58-55)46-29-15-27-44-41-24-10-12-31-48(41)60-52(44)46/h1-33H. The third-order valence-electron chi connectivity index (χ3n) is 11.6. The quantitative estimate of drug-likeness (QED) is 0.168. The molecule has 0 aliphatic carbocycles. The Hall–Kier alpha value is -7.31. The minimum Gasteiger partial charge on any atom is -0.208 e. The molecule has 5 heteroatoms. The maximum Gasteiger partial charge on any atom is 0.165 e. The van der Waals surface area contributed by atoms with Gasteiger partial charge in [-0.05, 0) is 62.9 Å². The van der Waals surface area contributed by atoms with Gasteiger partial charge in [-0.25, -0.2) is 15.0 Å². The zero-order valence-corrected chi connectivity index (χ0v) is 33.8. The van der Waals surface area contributed by atoms with Crippen molar-refractivity contribution in [1.29, 1.82) is 0 Å². The molecule has 0 aliphatic rings. The van der Waals surface area contributed by atoms with Gasteiger partial charge in [0.1, 0.15) is 0 Å². The highest BCUT2D eigenvalue weighted by molar-refractivity contribution is 7.26. The van der Waals surface area contributed by atoms with Crippen LogP contribution in [-0.4, -0.2) is 15.0 Å². The highest BCUT2D eigenvalue weighted by atomic mass is 32.1. The summed E-state index contributed by atoms with van der Waals surface area (Å²) in [5.74, 6) is 1.93. The maximum atomic E-state index is 5.60. The minimum atomic E-state index is 0.631. The molecule has 12 aromatic rings. The topological polar surface area (TPSA) is 38.7 Å². The van der Waals surface area contributed by atoms with Crippen LogP contribution >= 0.6 is 22.7 Å². The molecule has 9 aromatic carbocycles. The van der Waals surface area contributed by atoms with E-state index in [0.717, 1.165) is 59.5 Å². The summed E-state index contributed by atoms with van der Waals surface area (Å²) in [5.41, 5.74) is 9.56. The number of benzene rings is 9. The fourth-order valence-electron chi connectivity index (χ4n) is 8.86. The van der Waals surface area contributed by atoms with Crippen molar-refractivity contribution in [3.8, 4) is 67.5 Å². The van der Waals surface area contributed by atoms with E-state index in [1.807, 2.05) is 0 Å². The number of hydrogen-bond acceptors (Lipinski definition) is 5. The second kappa shape index (κ2) is 14.2. The first-order valence-corrected chi connectivity index (χ1v) is 21.7. The van der Waals surface area contributed by atoms with Crippen molar-refractivity contribution < 1.29 is 0 Å². The molecule has 0 fully saturated rings. The minimum absolute atomic E-state index is 0.631. The van der Waals surface area contributed by atoms with Crippen LogP contribution in [0, 0.1) is 0 Å². The summed E-state index contributed by atoms with van der Waals surface area (Å²) in [6.45, 7) is 0. The lowest BCUT2D eigenvalue weighted by Gasteiger charge is -2.21. The Morgan fingerprint density at radius 2 is 0.717 bits per heavy atom. The van der Waals surface area contributed by atoms with E-state index in [0.29, 0.717) is 17.5 Å². The highest BCUT2D eigenvalue weighted by Gasteiger charge is 2.25.